The Morgan fingerprint density at radius 1 is 0.336 bits per heavy atom. The van der Waals surface area contributed by atoms with Crippen LogP contribution in [0, 0.1) is 17.8 Å². The highest BCUT2D eigenvalue weighted by molar-refractivity contribution is 8.72. The maximum atomic E-state index is 12.0. The van der Waals surface area contributed by atoms with Gasteiger partial charge in [-0.25, -0.2) is 0 Å². The summed E-state index contributed by atoms with van der Waals surface area (Å²) in [4.78, 5) is 0. The van der Waals surface area contributed by atoms with Gasteiger partial charge in [0.2, 0.25) is 16.6 Å². The molecule has 8 fully saturated rings. The van der Waals surface area contributed by atoms with Gasteiger partial charge in [-0.2, -0.15) is 0 Å². The number of fused-ring (bicyclic) bond motifs is 2. The van der Waals surface area contributed by atoms with E-state index in [1.54, 1.807) is 79.9 Å². The van der Waals surface area contributed by atoms with E-state index in [0.29, 0.717) is 43.1 Å². The third-order valence-electron chi connectivity index (χ3n) is 26.1. The highest BCUT2D eigenvalue weighted by Gasteiger charge is 2.64. The monoisotopic (exact) mass is 2240 g/mol. The number of ether oxygens (including phenoxy) is 18. The van der Waals surface area contributed by atoms with Gasteiger partial charge >= 0.3 is 0 Å². The van der Waals surface area contributed by atoms with E-state index in [1.165, 1.54) is 35.5 Å². The van der Waals surface area contributed by atoms with Gasteiger partial charge in [0.05, 0.1) is 96.6 Å². The summed E-state index contributed by atoms with van der Waals surface area (Å²) in [5, 5.41) is 35.3. The van der Waals surface area contributed by atoms with Gasteiger partial charge in [-0.15, -0.1) is 0 Å². The van der Waals surface area contributed by atoms with E-state index in [2.05, 4.69) is 135 Å². The lowest BCUT2D eigenvalue weighted by Gasteiger charge is -2.50. The van der Waals surface area contributed by atoms with Crippen LogP contribution in [0.5, 0.6) is 0 Å². The first-order valence-electron chi connectivity index (χ1n) is 46.3. The smallest absolute Gasteiger partial charge is 0.203 e. The molecule has 8 heterocycles. The van der Waals surface area contributed by atoms with Crippen molar-refractivity contribution in [2.75, 3.05) is 39.6 Å². The van der Waals surface area contributed by atoms with Crippen molar-refractivity contribution in [3.63, 3.8) is 0 Å². The van der Waals surface area contributed by atoms with Crippen LogP contribution < -0.4 is 0 Å². The fraction of sp³-hybridized carbons (Fsp3) is 0.621. The van der Waals surface area contributed by atoms with E-state index < -0.39 is 158 Å². The van der Waals surface area contributed by atoms with E-state index in [0.717, 1.165) is 33.4 Å². The maximum absolute atomic E-state index is 12.0. The second-order valence-electron chi connectivity index (χ2n) is 37.1. The van der Waals surface area contributed by atoms with Crippen molar-refractivity contribution in [3.05, 3.63) is 215 Å². The molecule has 0 aliphatic carbocycles. The topological polar surface area (TPSA) is 245 Å². The van der Waals surface area contributed by atoms with Crippen LogP contribution in [0.25, 0.3) is 0 Å². The minimum Gasteiger partial charge on any atom is -0.391 e. The van der Waals surface area contributed by atoms with Gasteiger partial charge < -0.3 is 109 Å². The van der Waals surface area contributed by atoms with Gasteiger partial charge in [0.15, 0.2) is 50.3 Å². The van der Waals surface area contributed by atoms with E-state index in [4.69, 9.17) is 94.1 Å². The van der Waals surface area contributed by atoms with E-state index in [1.807, 2.05) is 210 Å². The SMILES string of the molecule is CC1O[C@@H](O[Si](C(C)C)(C(C)C)C(C)C)[C@@H](C)C(O)[C@H]1O[C@@H]1OC[C@@H](C)C(O[C@@H]2OC[C@]3(COCc4ccccc4)O[C@@H](c4ccccc4)OC23)[C@H]1OCc1ccccc1.CC1O[C@@H](O[Si](C(C)C)(C(C)C)C(C)C)[C@@H](O)C(O)[C@H]1O[C@@H]1OC[C@@H](C)C(O[C@@H]2OC[C@]3(COCc4ccccc4)O[C@@H](c4ccccc4)OC23)[C@H]1OCc1ccccc1.S=S=S=S=S=S=S=S.S=S=S=S=S=S=S=S=S. The fourth-order valence-corrected chi connectivity index (χ4v) is 55.2. The Morgan fingerprint density at radius 3 is 0.971 bits per heavy atom. The van der Waals surface area contributed by atoms with Crippen molar-refractivity contribution in [3.8, 4) is 0 Å². The van der Waals surface area contributed by atoms with Crippen molar-refractivity contribution in [1.82, 2.24) is 0 Å². The van der Waals surface area contributed by atoms with Crippen molar-refractivity contribution in [1.29, 1.82) is 0 Å². The molecule has 6 aromatic carbocycles. The molecule has 8 unspecified atom stereocenters. The van der Waals surface area contributed by atoms with E-state index >= 15 is 0 Å². The summed E-state index contributed by atoms with van der Waals surface area (Å²) in [7, 11) is 15.2. The first kappa shape index (κ1) is 116. The molecule has 42 heteroatoms. The number of hydrogen-bond donors (Lipinski definition) is 3. The average molecular weight is 2250 g/mol. The highest BCUT2D eigenvalue weighted by atomic mass is 33.4. The third-order valence-corrected chi connectivity index (χ3v) is 62.7. The summed E-state index contributed by atoms with van der Waals surface area (Å²) in [6.45, 7) is 39.2. The molecule has 8 saturated heterocycles. The van der Waals surface area contributed by atoms with E-state index in [9.17, 15) is 15.3 Å². The molecular formula is C95H134O23S17Si2. The Morgan fingerprint density at radius 2 is 0.635 bits per heavy atom. The van der Waals surface area contributed by atoms with Gasteiger partial charge in [0.25, 0.3) is 0 Å². The number of rotatable bonds is 34. The molecule has 23 nitrogen and oxygen atoms in total. The van der Waals surface area contributed by atoms with Crippen LogP contribution in [0.15, 0.2) is 182 Å². The van der Waals surface area contributed by atoms with Gasteiger partial charge in [-0.3, -0.25) is 0 Å². The molecule has 6 aromatic rings. The van der Waals surface area contributed by atoms with Gasteiger partial charge in [-0.05, 0) is 69.3 Å². The molecule has 0 aromatic heterocycles. The Kier molecular flexibility index (Phi) is 49.0. The molecule has 0 bridgehead atoms. The van der Waals surface area contributed by atoms with Crippen LogP contribution in [0.3, 0.4) is 0 Å². The molecule has 137 heavy (non-hydrogen) atoms. The largest absolute Gasteiger partial charge is 0.391 e. The quantitative estimate of drug-likeness (QED) is 0.0318. The Bertz CT molecular complexity index is 4910. The highest BCUT2D eigenvalue weighted by Crippen LogP contribution is 2.52. The summed E-state index contributed by atoms with van der Waals surface area (Å²) in [6, 6.07) is 59.6. The summed E-state index contributed by atoms with van der Waals surface area (Å²) >= 11 is 18.5. The minimum absolute atomic E-state index is 0.117. The van der Waals surface area contributed by atoms with Gasteiger partial charge in [0, 0.05) is 189 Å². The second kappa shape index (κ2) is 57.9. The van der Waals surface area contributed by atoms with Crippen LogP contribution in [-0.4, -0.2) is 200 Å². The molecule has 0 radical (unpaired) electrons. The van der Waals surface area contributed by atoms with Gasteiger partial charge in [0.1, 0.15) is 60.0 Å². The standard InChI is InChI=1S/C48H68O11Si.C47H66O12Si.S9.S8/c1-30(2)60(31(3)4,32(5)6)59-44-34(8)39(49)41(35(9)54-44)56-46-42(51-27-37-21-15-11-16-22-37)40(33(7)25-52-46)55-47-43-48(29-53-47,28-50-26-36-19-13-10-14-20-36)58-45(57-43)38-23-17-12-18-24-38;1-29(2)60(30(3)4,31(5)6)59-44-38(49)37(48)40(33(8)54-44)56-45-41(51-26-35-20-14-10-15-21-35)39(32(7)24-52-45)55-46-42-47(28-53-46,27-50-25-34-18-12-9-13-19-34)58-43(57-42)36-22-16-11-17-23-36;1-3-5-7-9-8-6-4-2;1-3-5-7-8-6-4-2/h10-24,30-35,39-47,49H,25-29H2,1-9H3;9-23,29-33,37-46,48-49H,24-28H2,1-8H3;;/t33-,34+,35?,39?,40?,41+,42-,43?,44+,45+,46+,47+,48+;32-,33?,37?,38+,39?,40+,41-,42?,43+,44+,45+,46+,47+;;/m11../s1. The lowest BCUT2D eigenvalue weighted by atomic mass is 9.92. The zero-order valence-corrected chi connectivity index (χ0v) is 96.0. The Labute approximate surface area is 868 Å². The lowest BCUT2D eigenvalue weighted by Crippen LogP contribution is -2.64. The first-order chi connectivity index (χ1) is 66.0. The molecule has 26 atom stereocenters. The lowest BCUT2D eigenvalue weighted by molar-refractivity contribution is -0.348. The number of benzene rings is 6. The molecule has 3 N–H and O–H groups in total. The predicted octanol–water partition coefficient (Wildman–Crippen LogP) is 16.1. The average Bonchev–Trinajstić information content (AvgIpc) is 1.68. The van der Waals surface area contributed by atoms with Crippen LogP contribution in [0.2, 0.25) is 33.2 Å². The molecule has 0 saturated carbocycles. The first-order valence-corrected chi connectivity index (χ1v) is 70.5. The summed E-state index contributed by atoms with van der Waals surface area (Å²) in [5.41, 5.74) is 5.86. The molecule has 762 valence electrons. The number of aliphatic hydroxyl groups is 3. The van der Waals surface area contributed by atoms with Crippen molar-refractivity contribution in [2.24, 2.45) is 17.8 Å². The zero-order chi connectivity index (χ0) is 98.4. The molecule has 0 spiro atoms. The van der Waals surface area contributed by atoms with Crippen LogP contribution >= 0.6 is 0 Å². The fourth-order valence-electron chi connectivity index (χ4n) is 19.6. The van der Waals surface area contributed by atoms with Crippen LogP contribution in [0.4, 0.5) is 0 Å². The van der Waals surface area contributed by atoms with Gasteiger partial charge in [-0.1, -0.05) is 286 Å². The minimum atomic E-state index is -2.47. The zero-order valence-electron chi connectivity index (χ0n) is 80.2. The summed E-state index contributed by atoms with van der Waals surface area (Å²) < 4.78 is 133. The molecule has 14 rings (SSSR count). The van der Waals surface area contributed by atoms with Crippen molar-refractivity contribution < 1.29 is 109 Å². The Balaban J connectivity index is 0.000000224. The molecule has 0 amide bonds. The normalized spacial score (nSPS) is 31.3. The molecule has 8 aliphatic heterocycles. The van der Waals surface area contributed by atoms with Crippen molar-refractivity contribution in [2.45, 2.75) is 318 Å². The van der Waals surface area contributed by atoms with Crippen LogP contribution in [-0.2, 0) is 281 Å². The van der Waals surface area contributed by atoms with Crippen LogP contribution in [0.1, 0.15) is 164 Å². The molecular weight excluding hydrogens is 2110 g/mol. The third kappa shape index (κ3) is 31.1. The summed E-state index contributed by atoms with van der Waals surface area (Å²) in [6.07, 6.45) is -16.7. The predicted molar refractivity (Wildman–Crippen MR) is 580 cm³/mol. The number of hydrogen-bond acceptors (Lipinski definition) is 27. The second-order valence-corrected chi connectivity index (χ2v) is 70.9. The Hall–Kier alpha value is -1.43. The van der Waals surface area contributed by atoms with E-state index in [-0.39, 0.29) is 74.0 Å². The summed E-state index contributed by atoms with van der Waals surface area (Å²) in [5.74, 6) is -0.636. The molecule has 8 aliphatic rings. The maximum Gasteiger partial charge on any atom is 0.203 e. The number of aliphatic hydroxyl groups excluding tert-OH is 3. The van der Waals surface area contributed by atoms with Crippen molar-refractivity contribution >= 4 is 177 Å².